The maximum atomic E-state index is 13.2. The monoisotopic (exact) mass is 388 g/mol. The second-order valence-corrected chi connectivity index (χ2v) is 6.76. The molecular formula is C21H19F3N2O2. The Balaban J connectivity index is 1.88. The van der Waals surface area contributed by atoms with Crippen LogP contribution in [0.5, 0.6) is 5.75 Å². The number of alkyl halides is 3. The molecule has 1 aliphatic rings. The quantitative estimate of drug-likeness (QED) is 0.632. The number of hydrogen-bond acceptors (Lipinski definition) is 3. The van der Waals surface area contributed by atoms with Crippen molar-refractivity contribution in [3.63, 3.8) is 0 Å². The van der Waals surface area contributed by atoms with Gasteiger partial charge in [0.05, 0.1) is 42.5 Å². The lowest BCUT2D eigenvalue weighted by Gasteiger charge is -2.21. The molecule has 2 heterocycles. The molecule has 0 fully saturated rings. The van der Waals surface area contributed by atoms with Crippen molar-refractivity contribution in [2.24, 2.45) is 0 Å². The lowest BCUT2D eigenvalue weighted by atomic mass is 10.0. The minimum Gasteiger partial charge on any atom is -0.496 e. The number of methoxy groups -OCH3 is 1. The molecule has 1 aromatic heterocycles. The fourth-order valence-corrected chi connectivity index (χ4v) is 3.49. The van der Waals surface area contributed by atoms with E-state index in [0.717, 1.165) is 28.6 Å². The summed E-state index contributed by atoms with van der Waals surface area (Å²) in [4.78, 5) is 0. The average Bonchev–Trinajstić information content (AvgIpc) is 3.06. The predicted octanol–water partition coefficient (Wildman–Crippen LogP) is 5.03. The van der Waals surface area contributed by atoms with Crippen molar-refractivity contribution in [3.05, 3.63) is 65.4 Å². The van der Waals surface area contributed by atoms with Crippen molar-refractivity contribution in [2.75, 3.05) is 7.11 Å². The van der Waals surface area contributed by atoms with Crippen LogP contribution in [0.2, 0.25) is 0 Å². The van der Waals surface area contributed by atoms with Crippen LogP contribution in [0, 0.1) is 0 Å². The molecule has 3 aromatic rings. The Bertz CT molecular complexity index is 997. The predicted molar refractivity (Wildman–Crippen MR) is 98.5 cm³/mol. The number of fused-ring (bicyclic) bond motifs is 1. The first-order valence-corrected chi connectivity index (χ1v) is 8.92. The van der Waals surface area contributed by atoms with Gasteiger partial charge in [-0.1, -0.05) is 30.3 Å². The third-order valence-corrected chi connectivity index (χ3v) is 4.87. The molecule has 4 nitrogen and oxygen atoms in total. The highest BCUT2D eigenvalue weighted by Gasteiger charge is 2.35. The average molecular weight is 388 g/mol. The van der Waals surface area contributed by atoms with Gasteiger partial charge < -0.3 is 9.47 Å². The van der Waals surface area contributed by atoms with Gasteiger partial charge in [-0.3, -0.25) is 0 Å². The lowest BCUT2D eigenvalue weighted by Crippen LogP contribution is -2.21. The minimum absolute atomic E-state index is 0.00270. The molecule has 0 saturated carbocycles. The second-order valence-electron chi connectivity index (χ2n) is 6.76. The van der Waals surface area contributed by atoms with Gasteiger partial charge in [-0.25, -0.2) is 4.68 Å². The number of nitrogens with zero attached hydrogens (tertiary/aromatic N) is 2. The van der Waals surface area contributed by atoms with Crippen molar-refractivity contribution in [1.82, 2.24) is 9.78 Å². The van der Waals surface area contributed by atoms with Gasteiger partial charge in [-0.15, -0.1) is 0 Å². The summed E-state index contributed by atoms with van der Waals surface area (Å²) in [6.07, 6.45) is -3.85. The number of ether oxygens (including phenoxy) is 2. The van der Waals surface area contributed by atoms with Gasteiger partial charge in [-0.05, 0) is 19.1 Å². The van der Waals surface area contributed by atoms with E-state index in [-0.39, 0.29) is 11.9 Å². The molecular weight excluding hydrogens is 369 g/mol. The molecule has 4 rings (SSSR count). The van der Waals surface area contributed by atoms with E-state index in [0.29, 0.717) is 18.7 Å². The summed E-state index contributed by atoms with van der Waals surface area (Å²) in [6, 6.07) is 13.5. The number of aromatic nitrogens is 2. The first-order valence-electron chi connectivity index (χ1n) is 8.92. The van der Waals surface area contributed by atoms with E-state index in [9.17, 15) is 13.2 Å². The van der Waals surface area contributed by atoms with Gasteiger partial charge in [-0.2, -0.15) is 18.3 Å². The zero-order valence-electron chi connectivity index (χ0n) is 15.5. The largest absolute Gasteiger partial charge is 0.496 e. The Morgan fingerprint density at radius 3 is 2.57 bits per heavy atom. The fraction of sp³-hybridized carbons (Fsp3) is 0.286. The van der Waals surface area contributed by atoms with Crippen LogP contribution in [-0.2, 0) is 23.9 Å². The van der Waals surface area contributed by atoms with E-state index < -0.39 is 11.7 Å². The molecule has 7 heteroatoms. The first-order chi connectivity index (χ1) is 13.4. The summed E-state index contributed by atoms with van der Waals surface area (Å²) in [5, 5.41) is 4.73. The summed E-state index contributed by atoms with van der Waals surface area (Å²) in [5.74, 6) is -0.226. The first kappa shape index (κ1) is 18.6. The highest BCUT2D eigenvalue weighted by molar-refractivity contribution is 5.65. The number of hydrogen-bond donors (Lipinski definition) is 0. The molecule has 0 amide bonds. The fourth-order valence-electron chi connectivity index (χ4n) is 3.49. The smallest absolute Gasteiger partial charge is 0.419 e. The van der Waals surface area contributed by atoms with Crippen LogP contribution in [-0.4, -0.2) is 23.0 Å². The Hall–Kier alpha value is -2.80. The molecule has 0 aliphatic carbocycles. The molecule has 0 N–H and O–H groups in total. The van der Waals surface area contributed by atoms with Crippen LogP contribution < -0.4 is 4.74 Å². The highest BCUT2D eigenvalue weighted by Crippen LogP contribution is 2.38. The van der Waals surface area contributed by atoms with Crippen molar-refractivity contribution in [2.45, 2.75) is 32.2 Å². The van der Waals surface area contributed by atoms with Crippen LogP contribution in [0.1, 0.15) is 23.7 Å². The Morgan fingerprint density at radius 1 is 1.14 bits per heavy atom. The van der Waals surface area contributed by atoms with Gasteiger partial charge in [0.15, 0.2) is 0 Å². The third-order valence-electron chi connectivity index (χ3n) is 4.87. The highest BCUT2D eigenvalue weighted by atomic mass is 19.4. The number of benzene rings is 2. The van der Waals surface area contributed by atoms with E-state index in [1.807, 2.05) is 37.3 Å². The van der Waals surface area contributed by atoms with Crippen LogP contribution in [0.25, 0.3) is 16.9 Å². The molecule has 1 aliphatic heterocycles. The van der Waals surface area contributed by atoms with Crippen LogP contribution >= 0.6 is 0 Å². The van der Waals surface area contributed by atoms with E-state index in [2.05, 4.69) is 0 Å². The summed E-state index contributed by atoms with van der Waals surface area (Å²) < 4.78 is 52.1. The maximum absolute atomic E-state index is 13.2. The second kappa shape index (κ2) is 6.98. The van der Waals surface area contributed by atoms with Gasteiger partial charge >= 0.3 is 6.18 Å². The van der Waals surface area contributed by atoms with Gasteiger partial charge in [0, 0.05) is 23.6 Å². The van der Waals surface area contributed by atoms with Crippen molar-refractivity contribution in [3.8, 4) is 22.7 Å². The van der Waals surface area contributed by atoms with E-state index in [4.69, 9.17) is 14.6 Å². The van der Waals surface area contributed by atoms with Crippen LogP contribution in [0.4, 0.5) is 13.2 Å². The lowest BCUT2D eigenvalue weighted by molar-refractivity contribution is -0.138. The zero-order chi connectivity index (χ0) is 19.9. The Kier molecular flexibility index (Phi) is 4.63. The normalized spacial score (nSPS) is 16.7. The summed E-state index contributed by atoms with van der Waals surface area (Å²) in [7, 11) is 1.23. The molecule has 146 valence electrons. The zero-order valence-corrected chi connectivity index (χ0v) is 15.5. The molecule has 1 atom stereocenters. The number of halogens is 3. The molecule has 0 saturated heterocycles. The van der Waals surface area contributed by atoms with Crippen molar-refractivity contribution in [1.29, 1.82) is 0 Å². The number of rotatable bonds is 3. The summed E-state index contributed by atoms with van der Waals surface area (Å²) in [6.45, 7) is 2.38. The molecule has 2 aromatic carbocycles. The standard InChI is InChI=1S/C21H19F3N2O2/c1-13-10-18-16(12-28-13)20(14-6-4-3-5-7-14)25-26(18)15-8-9-17(21(22,23)24)19(11-15)27-2/h3-9,11,13H,10,12H2,1-2H3. The van der Waals surface area contributed by atoms with Crippen molar-refractivity contribution >= 4 is 0 Å². The van der Waals surface area contributed by atoms with E-state index in [1.165, 1.54) is 19.2 Å². The van der Waals surface area contributed by atoms with E-state index in [1.54, 1.807) is 4.68 Å². The topological polar surface area (TPSA) is 36.3 Å². The Labute approximate surface area is 160 Å². The van der Waals surface area contributed by atoms with E-state index >= 15 is 0 Å². The van der Waals surface area contributed by atoms with Gasteiger partial charge in [0.2, 0.25) is 0 Å². The van der Waals surface area contributed by atoms with Crippen molar-refractivity contribution < 1.29 is 22.6 Å². The summed E-state index contributed by atoms with van der Waals surface area (Å²) >= 11 is 0. The molecule has 0 radical (unpaired) electrons. The maximum Gasteiger partial charge on any atom is 0.419 e. The SMILES string of the molecule is COc1cc(-n2nc(-c3ccccc3)c3c2CC(C)OC3)ccc1C(F)(F)F. The molecule has 1 unspecified atom stereocenters. The molecule has 0 spiro atoms. The minimum atomic E-state index is -4.48. The van der Waals surface area contributed by atoms with Crippen LogP contribution in [0.3, 0.4) is 0 Å². The molecule has 28 heavy (non-hydrogen) atoms. The Morgan fingerprint density at radius 2 is 1.89 bits per heavy atom. The van der Waals surface area contributed by atoms with Crippen LogP contribution in [0.15, 0.2) is 48.5 Å². The third kappa shape index (κ3) is 3.26. The van der Waals surface area contributed by atoms with Gasteiger partial charge in [0.25, 0.3) is 0 Å². The summed E-state index contributed by atoms with van der Waals surface area (Å²) in [5.41, 5.74) is 3.34. The van der Waals surface area contributed by atoms with Gasteiger partial charge in [0.1, 0.15) is 5.75 Å². The molecule has 0 bridgehead atoms.